The summed E-state index contributed by atoms with van der Waals surface area (Å²) in [4.78, 5) is 24.0. The van der Waals surface area contributed by atoms with Crippen molar-refractivity contribution in [3.8, 4) is 11.8 Å². The highest BCUT2D eigenvalue weighted by atomic mass is 16.1. The van der Waals surface area contributed by atoms with Crippen LogP contribution in [0.25, 0.3) is 0 Å². The molecule has 1 aromatic heterocycles. The second-order valence-corrected chi connectivity index (χ2v) is 2.26. The van der Waals surface area contributed by atoms with Crippen molar-refractivity contribution < 1.29 is 9.59 Å². The number of hydrogen-bond donors (Lipinski definition) is 0. The van der Waals surface area contributed by atoms with Gasteiger partial charge in [0.1, 0.15) is 12.0 Å². The van der Waals surface area contributed by atoms with Crippen LogP contribution in [0.3, 0.4) is 0 Å². The van der Waals surface area contributed by atoms with Gasteiger partial charge in [0.15, 0.2) is 6.29 Å². The van der Waals surface area contributed by atoms with Crippen LogP contribution in [0.15, 0.2) is 18.3 Å². The van der Waals surface area contributed by atoms with Crippen LogP contribution < -0.4 is 0 Å². The summed E-state index contributed by atoms with van der Waals surface area (Å²) in [7, 11) is 0. The van der Waals surface area contributed by atoms with Gasteiger partial charge in [-0.05, 0) is 12.1 Å². The van der Waals surface area contributed by atoms with Gasteiger partial charge in [0.05, 0.1) is 6.42 Å². The van der Waals surface area contributed by atoms with Gasteiger partial charge in [-0.2, -0.15) is 0 Å². The molecule has 0 unspecified atom stereocenters. The zero-order valence-corrected chi connectivity index (χ0v) is 6.86. The van der Waals surface area contributed by atoms with E-state index in [0.717, 1.165) is 6.29 Å². The molecule has 0 N–H and O–H groups in total. The molecule has 0 aromatic carbocycles. The first kappa shape index (κ1) is 9.14. The second kappa shape index (κ2) is 4.83. The van der Waals surface area contributed by atoms with E-state index >= 15 is 0 Å². The Kier molecular flexibility index (Phi) is 3.40. The number of nitrogens with zero attached hydrogens (tertiary/aromatic N) is 1. The Bertz CT molecular complexity index is 357. The van der Waals surface area contributed by atoms with Crippen LogP contribution in [-0.4, -0.2) is 17.6 Å². The van der Waals surface area contributed by atoms with Gasteiger partial charge in [-0.3, -0.25) is 9.78 Å². The largest absolute Gasteiger partial charge is 0.302 e. The standard InChI is InChI=1S/C10H7NO2/c12-6-2-1-3-9-4-5-10(8-13)11-7-9/h4-8H,2H2. The Labute approximate surface area is 75.8 Å². The zero-order valence-electron chi connectivity index (χ0n) is 6.86. The van der Waals surface area contributed by atoms with Crippen LogP contribution in [0.2, 0.25) is 0 Å². The average Bonchev–Trinajstić information content (AvgIpc) is 2.19. The Balaban J connectivity index is 2.76. The lowest BCUT2D eigenvalue weighted by Crippen LogP contribution is -1.85. The molecule has 0 aliphatic rings. The van der Waals surface area contributed by atoms with Crippen molar-refractivity contribution in [3.05, 3.63) is 29.6 Å². The number of hydrogen-bond acceptors (Lipinski definition) is 3. The van der Waals surface area contributed by atoms with Crippen LogP contribution >= 0.6 is 0 Å². The van der Waals surface area contributed by atoms with E-state index in [1.807, 2.05) is 0 Å². The first-order valence-corrected chi connectivity index (χ1v) is 3.70. The monoisotopic (exact) mass is 173 g/mol. The Morgan fingerprint density at radius 3 is 2.77 bits per heavy atom. The third-order valence-electron chi connectivity index (χ3n) is 1.33. The third kappa shape index (κ3) is 2.88. The van der Waals surface area contributed by atoms with Gasteiger partial charge >= 0.3 is 0 Å². The van der Waals surface area contributed by atoms with Crippen molar-refractivity contribution in [2.24, 2.45) is 0 Å². The van der Waals surface area contributed by atoms with Crippen LogP contribution in [0.1, 0.15) is 22.5 Å². The summed E-state index contributed by atoms with van der Waals surface area (Å²) in [6.45, 7) is 0. The molecule has 1 heterocycles. The summed E-state index contributed by atoms with van der Waals surface area (Å²) < 4.78 is 0. The van der Waals surface area contributed by atoms with Crippen molar-refractivity contribution >= 4 is 12.6 Å². The maximum atomic E-state index is 10.2. The van der Waals surface area contributed by atoms with Gasteiger partial charge in [0, 0.05) is 11.8 Å². The van der Waals surface area contributed by atoms with E-state index in [9.17, 15) is 9.59 Å². The second-order valence-electron chi connectivity index (χ2n) is 2.26. The highest BCUT2D eigenvalue weighted by Gasteiger charge is 1.89. The van der Waals surface area contributed by atoms with Gasteiger partial charge in [0.2, 0.25) is 0 Å². The topological polar surface area (TPSA) is 47.0 Å². The highest BCUT2D eigenvalue weighted by Crippen LogP contribution is 1.95. The van der Waals surface area contributed by atoms with E-state index in [2.05, 4.69) is 16.8 Å². The van der Waals surface area contributed by atoms with Gasteiger partial charge in [-0.25, -0.2) is 0 Å². The van der Waals surface area contributed by atoms with Gasteiger partial charge < -0.3 is 4.79 Å². The van der Waals surface area contributed by atoms with Crippen molar-refractivity contribution in [3.63, 3.8) is 0 Å². The van der Waals surface area contributed by atoms with Crippen LogP contribution in [0.5, 0.6) is 0 Å². The normalized spacial score (nSPS) is 8.31. The van der Waals surface area contributed by atoms with Crippen LogP contribution in [-0.2, 0) is 4.79 Å². The molecule has 0 spiro atoms. The Morgan fingerprint density at radius 1 is 1.38 bits per heavy atom. The minimum Gasteiger partial charge on any atom is -0.302 e. The fourth-order valence-corrected chi connectivity index (χ4v) is 0.744. The molecule has 3 heteroatoms. The minimum atomic E-state index is 0.218. The smallest absolute Gasteiger partial charge is 0.168 e. The molecule has 13 heavy (non-hydrogen) atoms. The number of aldehydes is 2. The number of aromatic nitrogens is 1. The summed E-state index contributed by atoms with van der Waals surface area (Å²) in [6, 6.07) is 3.27. The van der Waals surface area contributed by atoms with Crippen LogP contribution in [0, 0.1) is 11.8 Å². The minimum absolute atomic E-state index is 0.218. The first-order chi connectivity index (χ1) is 6.36. The van der Waals surface area contributed by atoms with Gasteiger partial charge in [-0.15, -0.1) is 0 Å². The number of rotatable bonds is 2. The van der Waals surface area contributed by atoms with Crippen molar-refractivity contribution in [2.75, 3.05) is 0 Å². The van der Waals surface area contributed by atoms with Crippen molar-refractivity contribution in [1.29, 1.82) is 0 Å². The molecule has 0 saturated heterocycles. The molecule has 0 radical (unpaired) electrons. The third-order valence-corrected chi connectivity index (χ3v) is 1.33. The fourth-order valence-electron chi connectivity index (χ4n) is 0.744. The fraction of sp³-hybridized carbons (Fsp3) is 0.100. The van der Waals surface area contributed by atoms with Crippen LogP contribution in [0.4, 0.5) is 0 Å². The molecule has 64 valence electrons. The van der Waals surface area contributed by atoms with E-state index < -0.39 is 0 Å². The molecule has 1 aromatic rings. The molecule has 0 saturated carbocycles. The maximum Gasteiger partial charge on any atom is 0.168 e. The Morgan fingerprint density at radius 2 is 2.23 bits per heavy atom. The van der Waals surface area contributed by atoms with E-state index in [0.29, 0.717) is 17.5 Å². The molecule has 0 aliphatic heterocycles. The molecule has 0 bridgehead atoms. The number of pyridine rings is 1. The summed E-state index contributed by atoms with van der Waals surface area (Å²) in [5.41, 5.74) is 1.08. The lowest BCUT2D eigenvalue weighted by atomic mass is 10.2. The maximum absolute atomic E-state index is 10.2. The van der Waals surface area contributed by atoms with Crippen molar-refractivity contribution in [1.82, 2.24) is 4.98 Å². The SMILES string of the molecule is O=CCC#Cc1ccc(C=O)nc1. The predicted molar refractivity (Wildman–Crippen MR) is 47.2 cm³/mol. The lowest BCUT2D eigenvalue weighted by molar-refractivity contribution is -0.107. The van der Waals surface area contributed by atoms with E-state index in [1.54, 1.807) is 12.1 Å². The van der Waals surface area contributed by atoms with Crippen molar-refractivity contribution in [2.45, 2.75) is 6.42 Å². The average molecular weight is 173 g/mol. The predicted octanol–water partition coefficient (Wildman–Crippen LogP) is 0.835. The molecule has 0 fully saturated rings. The summed E-state index contributed by atoms with van der Waals surface area (Å²) >= 11 is 0. The van der Waals surface area contributed by atoms with E-state index in [4.69, 9.17) is 0 Å². The van der Waals surface area contributed by atoms with Gasteiger partial charge in [0.25, 0.3) is 0 Å². The lowest BCUT2D eigenvalue weighted by Gasteiger charge is -1.89. The quantitative estimate of drug-likeness (QED) is 0.491. The summed E-state index contributed by atoms with van der Waals surface area (Å²) in [5.74, 6) is 5.38. The Hall–Kier alpha value is -1.95. The molecule has 1 rings (SSSR count). The molecular weight excluding hydrogens is 166 g/mol. The molecule has 0 atom stereocenters. The molecule has 0 aliphatic carbocycles. The zero-order chi connectivity index (χ0) is 9.52. The first-order valence-electron chi connectivity index (χ1n) is 3.70. The summed E-state index contributed by atoms with van der Waals surface area (Å²) in [6.07, 6.45) is 3.12. The molecular formula is C10H7NO2. The number of carbonyl (C=O) groups excluding carboxylic acids is 2. The number of carbonyl (C=O) groups is 2. The summed E-state index contributed by atoms with van der Waals surface area (Å²) in [5, 5.41) is 0. The van der Waals surface area contributed by atoms with E-state index in [1.165, 1.54) is 6.20 Å². The molecule has 0 amide bonds. The molecule has 3 nitrogen and oxygen atoms in total. The highest BCUT2D eigenvalue weighted by molar-refractivity contribution is 5.71. The van der Waals surface area contributed by atoms with Gasteiger partial charge in [-0.1, -0.05) is 11.8 Å². The van der Waals surface area contributed by atoms with E-state index in [-0.39, 0.29) is 6.42 Å².